The number of benzene rings is 2. The summed E-state index contributed by atoms with van der Waals surface area (Å²) in [6, 6.07) is 17.4. The van der Waals surface area contributed by atoms with Crippen molar-refractivity contribution >= 4 is 29.9 Å². The Morgan fingerprint density at radius 1 is 1.00 bits per heavy atom. The SMILES string of the molecule is CN=C(NCc1ccc(CN2CCOCC2)cc1)N1CCOC(c2ccccc2C)C1.I. The Bertz CT molecular complexity index is 869. The maximum absolute atomic E-state index is 6.07. The molecular formula is C25H35IN4O2. The Morgan fingerprint density at radius 2 is 1.72 bits per heavy atom. The molecule has 4 rings (SSSR count). The molecule has 1 N–H and O–H groups in total. The summed E-state index contributed by atoms with van der Waals surface area (Å²) in [5.74, 6) is 0.930. The molecule has 174 valence electrons. The lowest BCUT2D eigenvalue weighted by atomic mass is 10.0. The van der Waals surface area contributed by atoms with Crippen LogP contribution in [0, 0.1) is 6.92 Å². The minimum absolute atomic E-state index is 0. The van der Waals surface area contributed by atoms with Crippen LogP contribution in [0.5, 0.6) is 0 Å². The number of hydrogen-bond donors (Lipinski definition) is 1. The van der Waals surface area contributed by atoms with Crippen molar-refractivity contribution in [3.05, 3.63) is 70.8 Å². The molecule has 2 fully saturated rings. The van der Waals surface area contributed by atoms with Gasteiger partial charge in [0.05, 0.1) is 26.4 Å². The van der Waals surface area contributed by atoms with Crippen molar-refractivity contribution in [2.24, 2.45) is 4.99 Å². The van der Waals surface area contributed by atoms with Crippen molar-refractivity contribution in [2.75, 3.05) is 53.0 Å². The second-order valence-electron chi connectivity index (χ2n) is 8.27. The van der Waals surface area contributed by atoms with E-state index in [-0.39, 0.29) is 30.1 Å². The number of ether oxygens (including phenoxy) is 2. The first-order valence-electron chi connectivity index (χ1n) is 11.2. The van der Waals surface area contributed by atoms with E-state index in [0.717, 1.165) is 58.4 Å². The maximum Gasteiger partial charge on any atom is 0.194 e. The minimum Gasteiger partial charge on any atom is -0.379 e. The molecule has 0 aliphatic carbocycles. The number of nitrogens with one attached hydrogen (secondary N) is 1. The van der Waals surface area contributed by atoms with Gasteiger partial charge in [-0.3, -0.25) is 9.89 Å². The van der Waals surface area contributed by atoms with E-state index in [1.165, 1.54) is 22.3 Å². The van der Waals surface area contributed by atoms with E-state index in [4.69, 9.17) is 9.47 Å². The van der Waals surface area contributed by atoms with Gasteiger partial charge in [0, 0.05) is 39.8 Å². The van der Waals surface area contributed by atoms with E-state index >= 15 is 0 Å². The first-order chi connectivity index (χ1) is 15.2. The summed E-state index contributed by atoms with van der Waals surface area (Å²) >= 11 is 0. The van der Waals surface area contributed by atoms with Gasteiger partial charge in [0.2, 0.25) is 0 Å². The van der Waals surface area contributed by atoms with Crippen LogP contribution in [0.3, 0.4) is 0 Å². The van der Waals surface area contributed by atoms with Gasteiger partial charge in [-0.15, -0.1) is 24.0 Å². The van der Waals surface area contributed by atoms with Gasteiger partial charge >= 0.3 is 0 Å². The molecule has 0 saturated carbocycles. The summed E-state index contributed by atoms with van der Waals surface area (Å²) in [7, 11) is 1.85. The van der Waals surface area contributed by atoms with Crippen LogP contribution in [-0.2, 0) is 22.6 Å². The van der Waals surface area contributed by atoms with Gasteiger partial charge in [-0.25, -0.2) is 0 Å². The van der Waals surface area contributed by atoms with E-state index in [1.54, 1.807) is 0 Å². The summed E-state index contributed by atoms with van der Waals surface area (Å²) in [4.78, 5) is 9.27. The third kappa shape index (κ3) is 6.66. The highest BCUT2D eigenvalue weighted by Crippen LogP contribution is 2.25. The quantitative estimate of drug-likeness (QED) is 0.351. The smallest absolute Gasteiger partial charge is 0.194 e. The molecule has 0 amide bonds. The fraction of sp³-hybridized carbons (Fsp3) is 0.480. The van der Waals surface area contributed by atoms with Gasteiger partial charge in [-0.05, 0) is 29.2 Å². The van der Waals surface area contributed by atoms with Crippen LogP contribution >= 0.6 is 24.0 Å². The summed E-state index contributed by atoms with van der Waals surface area (Å²) in [5.41, 5.74) is 5.15. The summed E-state index contributed by atoms with van der Waals surface area (Å²) in [5, 5.41) is 3.54. The zero-order valence-electron chi connectivity index (χ0n) is 19.1. The lowest BCUT2D eigenvalue weighted by Crippen LogP contribution is -2.48. The van der Waals surface area contributed by atoms with Crippen molar-refractivity contribution < 1.29 is 9.47 Å². The highest BCUT2D eigenvalue weighted by atomic mass is 127. The van der Waals surface area contributed by atoms with Crippen LogP contribution < -0.4 is 5.32 Å². The van der Waals surface area contributed by atoms with Crippen LogP contribution in [0.2, 0.25) is 0 Å². The second kappa shape index (κ2) is 12.5. The Kier molecular flexibility index (Phi) is 9.77. The molecule has 2 aliphatic heterocycles. The van der Waals surface area contributed by atoms with Crippen LogP contribution in [0.4, 0.5) is 0 Å². The van der Waals surface area contributed by atoms with E-state index in [9.17, 15) is 0 Å². The molecule has 0 bridgehead atoms. The van der Waals surface area contributed by atoms with Gasteiger partial charge in [0.25, 0.3) is 0 Å². The predicted molar refractivity (Wildman–Crippen MR) is 140 cm³/mol. The maximum atomic E-state index is 6.07. The normalized spacial score (nSPS) is 20.0. The molecule has 2 heterocycles. The first-order valence-corrected chi connectivity index (χ1v) is 11.2. The summed E-state index contributed by atoms with van der Waals surface area (Å²) in [6.45, 7) is 9.97. The number of aliphatic imine (C=N–C) groups is 1. The predicted octanol–water partition coefficient (Wildman–Crippen LogP) is 3.59. The Hall–Kier alpha value is -1.68. The molecule has 1 atom stereocenters. The van der Waals surface area contributed by atoms with Crippen LogP contribution in [-0.4, -0.2) is 68.8 Å². The number of hydrogen-bond acceptors (Lipinski definition) is 4. The number of halogens is 1. The average Bonchev–Trinajstić information content (AvgIpc) is 2.82. The van der Waals surface area contributed by atoms with Crippen molar-refractivity contribution in [1.82, 2.24) is 15.1 Å². The monoisotopic (exact) mass is 550 g/mol. The third-order valence-corrected chi connectivity index (χ3v) is 6.10. The lowest BCUT2D eigenvalue weighted by molar-refractivity contribution is -0.00833. The molecule has 1 unspecified atom stereocenters. The number of aryl methyl sites for hydroxylation is 1. The zero-order valence-corrected chi connectivity index (χ0v) is 21.5. The third-order valence-electron chi connectivity index (χ3n) is 6.10. The molecule has 2 aliphatic rings. The second-order valence-corrected chi connectivity index (χ2v) is 8.27. The van der Waals surface area contributed by atoms with Crippen molar-refractivity contribution in [2.45, 2.75) is 26.1 Å². The largest absolute Gasteiger partial charge is 0.379 e. The van der Waals surface area contributed by atoms with Gasteiger partial charge in [-0.1, -0.05) is 48.5 Å². The number of rotatable bonds is 5. The van der Waals surface area contributed by atoms with Crippen molar-refractivity contribution in [1.29, 1.82) is 0 Å². The highest BCUT2D eigenvalue weighted by Gasteiger charge is 2.25. The van der Waals surface area contributed by atoms with E-state index in [0.29, 0.717) is 6.61 Å². The fourth-order valence-electron chi connectivity index (χ4n) is 4.27. The van der Waals surface area contributed by atoms with Crippen LogP contribution in [0.25, 0.3) is 0 Å². The molecule has 2 saturated heterocycles. The zero-order chi connectivity index (χ0) is 21.5. The Morgan fingerprint density at radius 3 is 2.44 bits per heavy atom. The van der Waals surface area contributed by atoms with Crippen LogP contribution in [0.15, 0.2) is 53.5 Å². The molecule has 0 radical (unpaired) electrons. The van der Waals surface area contributed by atoms with E-state index in [1.807, 2.05) is 7.05 Å². The average molecular weight is 550 g/mol. The first kappa shape index (κ1) is 25.0. The summed E-state index contributed by atoms with van der Waals surface area (Å²) < 4.78 is 11.5. The van der Waals surface area contributed by atoms with Gasteiger partial charge < -0.3 is 19.7 Å². The number of nitrogens with zero attached hydrogens (tertiary/aromatic N) is 3. The van der Waals surface area contributed by atoms with Crippen molar-refractivity contribution in [3.63, 3.8) is 0 Å². The Balaban J connectivity index is 0.00000289. The van der Waals surface area contributed by atoms with Crippen molar-refractivity contribution in [3.8, 4) is 0 Å². The number of guanidine groups is 1. The minimum atomic E-state index is 0. The van der Waals surface area contributed by atoms with Gasteiger partial charge in [0.1, 0.15) is 6.10 Å². The molecular weight excluding hydrogens is 515 g/mol. The fourth-order valence-corrected chi connectivity index (χ4v) is 4.27. The Labute approximate surface area is 209 Å². The molecule has 32 heavy (non-hydrogen) atoms. The van der Waals surface area contributed by atoms with Gasteiger partial charge in [-0.2, -0.15) is 0 Å². The lowest BCUT2D eigenvalue weighted by Gasteiger charge is -2.35. The molecule has 2 aromatic rings. The van der Waals surface area contributed by atoms with Gasteiger partial charge in [0.15, 0.2) is 5.96 Å². The topological polar surface area (TPSA) is 49.3 Å². The molecule has 2 aromatic carbocycles. The van der Waals surface area contributed by atoms with E-state index in [2.05, 4.69) is 75.6 Å². The molecule has 0 spiro atoms. The molecule has 6 nitrogen and oxygen atoms in total. The molecule has 7 heteroatoms. The van der Waals surface area contributed by atoms with Crippen LogP contribution in [0.1, 0.15) is 28.4 Å². The number of morpholine rings is 2. The standard InChI is InChI=1S/C25H34N4O2.HI/c1-20-5-3-4-6-23(20)24-19-29(13-16-31-24)25(26-2)27-17-21-7-9-22(10-8-21)18-28-11-14-30-15-12-28;/h3-10,24H,11-19H2,1-2H3,(H,26,27);1H. The summed E-state index contributed by atoms with van der Waals surface area (Å²) in [6.07, 6.45) is 0.0768. The molecule has 0 aromatic heterocycles. The van der Waals surface area contributed by atoms with E-state index < -0.39 is 0 Å². The highest BCUT2D eigenvalue weighted by molar-refractivity contribution is 14.0.